The van der Waals surface area contributed by atoms with E-state index in [0.717, 1.165) is 27.9 Å². The second-order valence-electron chi connectivity index (χ2n) is 6.79. The Balaban J connectivity index is 1.81. The quantitative estimate of drug-likeness (QED) is 0.512. The van der Waals surface area contributed by atoms with E-state index in [-0.39, 0.29) is 5.56 Å². The lowest BCUT2D eigenvalue weighted by Crippen LogP contribution is -2.40. The predicted octanol–water partition coefficient (Wildman–Crippen LogP) is 3.60. The molecule has 5 rings (SSSR count). The number of para-hydroxylation sites is 1. The normalized spacial score (nSPS) is 20.8. The highest BCUT2D eigenvalue weighted by Crippen LogP contribution is 2.42. The number of hydrogen-bond acceptors (Lipinski definition) is 5. The van der Waals surface area contributed by atoms with Crippen LogP contribution in [0.3, 0.4) is 0 Å². The molecule has 26 heavy (non-hydrogen) atoms. The van der Waals surface area contributed by atoms with Crippen molar-refractivity contribution in [3.05, 3.63) is 63.4 Å². The minimum absolute atomic E-state index is 0.0403. The monoisotopic (exact) mass is 380 g/mol. The maximum absolute atomic E-state index is 13.1. The molecular weight excluding hydrogens is 364 g/mol. The molecule has 2 aromatic heterocycles. The van der Waals surface area contributed by atoms with Crippen LogP contribution in [0, 0.1) is 0 Å². The Hall–Kier alpha value is -2.02. The first-order valence-corrected chi connectivity index (χ1v) is 9.98. The summed E-state index contributed by atoms with van der Waals surface area (Å²) < 4.78 is 2.32. The van der Waals surface area contributed by atoms with Crippen LogP contribution >= 0.6 is 24.0 Å². The summed E-state index contributed by atoms with van der Waals surface area (Å²) in [6, 6.07) is 12.0. The first-order valence-electron chi connectivity index (χ1n) is 8.59. The molecule has 2 aliphatic heterocycles. The molecule has 0 bridgehead atoms. The van der Waals surface area contributed by atoms with Crippen LogP contribution in [0.4, 0.5) is 0 Å². The van der Waals surface area contributed by atoms with Crippen LogP contribution in [0.25, 0.3) is 22.3 Å². The molecule has 4 nitrogen and oxygen atoms in total. The number of thioether (sulfide) groups is 1. The van der Waals surface area contributed by atoms with Gasteiger partial charge < -0.3 is 9.67 Å². The van der Waals surface area contributed by atoms with E-state index in [1.54, 1.807) is 4.57 Å². The number of thiocarbonyl (C=S) groups is 1. The van der Waals surface area contributed by atoms with E-state index in [0.29, 0.717) is 34.0 Å². The van der Waals surface area contributed by atoms with E-state index < -0.39 is 5.60 Å². The highest BCUT2D eigenvalue weighted by Gasteiger charge is 2.41. The van der Waals surface area contributed by atoms with Gasteiger partial charge in [0.25, 0.3) is 5.56 Å². The number of pyridine rings is 2. The van der Waals surface area contributed by atoms with E-state index in [1.165, 1.54) is 11.8 Å². The Bertz CT molecular complexity index is 1170. The molecule has 1 atom stereocenters. The largest absolute Gasteiger partial charge is 0.379 e. The second kappa shape index (κ2) is 5.49. The van der Waals surface area contributed by atoms with Gasteiger partial charge in [-0.15, -0.1) is 11.8 Å². The molecular formula is C20H16N2O2S2. The van der Waals surface area contributed by atoms with Gasteiger partial charge >= 0.3 is 0 Å². The molecule has 0 saturated heterocycles. The van der Waals surface area contributed by atoms with Crippen molar-refractivity contribution < 1.29 is 5.11 Å². The number of benzene rings is 1. The van der Waals surface area contributed by atoms with E-state index >= 15 is 0 Å². The summed E-state index contributed by atoms with van der Waals surface area (Å²) in [5, 5.41) is 12.2. The fourth-order valence-corrected chi connectivity index (χ4v) is 5.40. The molecule has 0 amide bonds. The van der Waals surface area contributed by atoms with Gasteiger partial charge in [-0.3, -0.25) is 4.79 Å². The summed E-state index contributed by atoms with van der Waals surface area (Å²) in [4.78, 5) is 17.9. The number of aromatic nitrogens is 2. The highest BCUT2D eigenvalue weighted by molar-refractivity contribution is 8.22. The third-order valence-corrected chi connectivity index (χ3v) is 7.14. The van der Waals surface area contributed by atoms with Crippen LogP contribution < -0.4 is 5.56 Å². The lowest BCUT2D eigenvalue weighted by molar-refractivity contribution is 0.111. The number of hydrogen-bond donors (Lipinski definition) is 1. The summed E-state index contributed by atoms with van der Waals surface area (Å²) in [5.41, 5.74) is 3.59. The van der Waals surface area contributed by atoms with Gasteiger partial charge in [0.1, 0.15) is 5.60 Å². The molecule has 2 aliphatic rings. The van der Waals surface area contributed by atoms with E-state index in [1.807, 2.05) is 37.3 Å². The fourth-order valence-electron chi connectivity index (χ4n) is 3.93. The zero-order valence-electron chi connectivity index (χ0n) is 14.2. The van der Waals surface area contributed by atoms with Crippen molar-refractivity contribution in [1.29, 1.82) is 0 Å². The SMILES string of the molecule is CC[C@@]1(O)C(=S)SCc2c1cc1n(c2=O)Cc2cc3ccccc3nc2-1. The highest BCUT2D eigenvalue weighted by atomic mass is 32.2. The van der Waals surface area contributed by atoms with Gasteiger partial charge in [0.2, 0.25) is 0 Å². The summed E-state index contributed by atoms with van der Waals surface area (Å²) in [7, 11) is 0. The minimum atomic E-state index is -1.23. The van der Waals surface area contributed by atoms with Crippen LogP contribution in [0.15, 0.2) is 41.2 Å². The Labute approximate surface area is 159 Å². The van der Waals surface area contributed by atoms with Gasteiger partial charge in [0.15, 0.2) is 0 Å². The predicted molar refractivity (Wildman–Crippen MR) is 109 cm³/mol. The first kappa shape index (κ1) is 16.2. The van der Waals surface area contributed by atoms with E-state index in [2.05, 4.69) is 6.07 Å². The topological polar surface area (TPSA) is 55.1 Å². The Morgan fingerprint density at radius 1 is 1.35 bits per heavy atom. The Morgan fingerprint density at radius 3 is 2.96 bits per heavy atom. The van der Waals surface area contributed by atoms with E-state index in [4.69, 9.17) is 17.2 Å². The average molecular weight is 380 g/mol. The summed E-state index contributed by atoms with van der Waals surface area (Å²) in [6.45, 7) is 2.42. The van der Waals surface area contributed by atoms with Crippen molar-refractivity contribution in [3.63, 3.8) is 0 Å². The molecule has 0 spiro atoms. The lowest BCUT2D eigenvalue weighted by Gasteiger charge is -2.34. The minimum Gasteiger partial charge on any atom is -0.379 e. The molecule has 0 aliphatic carbocycles. The molecule has 1 N–H and O–H groups in total. The molecule has 3 aromatic rings. The van der Waals surface area contributed by atoms with Crippen LogP contribution in [-0.2, 0) is 17.9 Å². The van der Waals surface area contributed by atoms with Gasteiger partial charge in [-0.25, -0.2) is 4.98 Å². The first-order chi connectivity index (χ1) is 12.5. The van der Waals surface area contributed by atoms with Gasteiger partial charge in [-0.1, -0.05) is 37.3 Å². The maximum Gasteiger partial charge on any atom is 0.255 e. The summed E-state index contributed by atoms with van der Waals surface area (Å²) >= 11 is 6.81. The third-order valence-electron chi connectivity index (χ3n) is 5.42. The molecule has 0 fully saturated rings. The van der Waals surface area contributed by atoms with Crippen LogP contribution in [0.1, 0.15) is 30.0 Å². The van der Waals surface area contributed by atoms with Crippen molar-refractivity contribution in [2.24, 2.45) is 0 Å². The van der Waals surface area contributed by atoms with Gasteiger partial charge in [0.05, 0.1) is 27.6 Å². The molecule has 6 heteroatoms. The second-order valence-corrected chi connectivity index (χ2v) is 8.44. The molecule has 0 unspecified atom stereocenters. The Morgan fingerprint density at radius 2 is 2.15 bits per heavy atom. The number of rotatable bonds is 1. The van der Waals surface area contributed by atoms with Crippen LogP contribution in [0.2, 0.25) is 0 Å². The molecule has 0 saturated carbocycles. The van der Waals surface area contributed by atoms with Crippen molar-refractivity contribution in [2.45, 2.75) is 31.2 Å². The Kier molecular flexibility index (Phi) is 3.41. The lowest BCUT2D eigenvalue weighted by atomic mass is 9.89. The molecule has 1 aromatic carbocycles. The molecule has 130 valence electrons. The van der Waals surface area contributed by atoms with E-state index in [9.17, 15) is 9.90 Å². The van der Waals surface area contributed by atoms with Gasteiger partial charge in [-0.2, -0.15) is 0 Å². The molecule has 4 heterocycles. The smallest absolute Gasteiger partial charge is 0.255 e. The van der Waals surface area contributed by atoms with Gasteiger partial charge in [-0.05, 0) is 24.6 Å². The number of nitrogens with zero attached hydrogens (tertiary/aromatic N) is 2. The fraction of sp³-hybridized carbons (Fsp3) is 0.250. The maximum atomic E-state index is 13.1. The molecule has 0 radical (unpaired) electrons. The van der Waals surface area contributed by atoms with Crippen molar-refractivity contribution in [3.8, 4) is 11.4 Å². The van der Waals surface area contributed by atoms with Crippen LogP contribution in [-0.4, -0.2) is 18.9 Å². The van der Waals surface area contributed by atoms with Crippen molar-refractivity contribution in [1.82, 2.24) is 9.55 Å². The van der Waals surface area contributed by atoms with Gasteiger partial charge in [0, 0.05) is 27.8 Å². The summed E-state index contributed by atoms with van der Waals surface area (Å²) in [5.74, 6) is 0.515. The average Bonchev–Trinajstić information content (AvgIpc) is 3.01. The summed E-state index contributed by atoms with van der Waals surface area (Å²) in [6.07, 6.45) is 0.451. The van der Waals surface area contributed by atoms with Crippen molar-refractivity contribution in [2.75, 3.05) is 0 Å². The standard InChI is InChI=1S/C20H16N2O2S2/c1-2-20(24)14-8-16-17-12(7-11-5-3-4-6-15(11)21-17)9-22(16)18(23)13(14)10-26-19(20)25/h3-8,24H,2,9-10H2,1H3/t20-/m0/s1. The van der Waals surface area contributed by atoms with Crippen molar-refractivity contribution >= 4 is 39.1 Å². The number of fused-ring (bicyclic) bond motifs is 5. The zero-order valence-corrected chi connectivity index (χ0v) is 15.8. The zero-order chi connectivity index (χ0) is 18.1. The third kappa shape index (κ3) is 2.03. The van der Waals surface area contributed by atoms with Crippen LogP contribution in [0.5, 0.6) is 0 Å². The number of aliphatic hydroxyl groups is 1.